The molecule has 0 aromatic heterocycles. The smallest absolute Gasteiger partial charge is 0.352 e. The largest absolute Gasteiger partial charge is 0.416 e. The van der Waals surface area contributed by atoms with E-state index >= 15 is 0 Å². The van der Waals surface area contributed by atoms with Gasteiger partial charge < -0.3 is 10.2 Å². The summed E-state index contributed by atoms with van der Waals surface area (Å²) >= 11 is 6.31. The van der Waals surface area contributed by atoms with Crippen molar-refractivity contribution in [2.24, 2.45) is 0 Å². The Morgan fingerprint density at radius 2 is 1.47 bits per heavy atom. The van der Waals surface area contributed by atoms with Crippen LogP contribution in [-0.2, 0) is 38.8 Å². The Balaban J connectivity index is 1.88. The SMILES string of the molecule is CC(C)NC(=O)[C@@H](Cc1ccccc1)N(Cc1ccccc1F)C(=O)CN(c1cc(C(F)(F)F)ccc1Cl)S(=O)(=O)c1ccccc1. The Hall–Kier alpha value is -4.42. The lowest BCUT2D eigenvalue weighted by Gasteiger charge is -2.34. The minimum Gasteiger partial charge on any atom is -0.352 e. The van der Waals surface area contributed by atoms with E-state index in [0.717, 1.165) is 11.0 Å². The summed E-state index contributed by atoms with van der Waals surface area (Å²) in [6.07, 6.45) is -4.90. The molecule has 1 atom stereocenters. The first kappa shape index (κ1) is 35.4. The molecule has 248 valence electrons. The second-order valence-corrected chi connectivity index (χ2v) is 13.2. The molecule has 0 radical (unpaired) electrons. The number of sulfonamides is 1. The van der Waals surface area contributed by atoms with E-state index in [4.69, 9.17) is 11.6 Å². The normalized spacial score (nSPS) is 12.4. The molecule has 0 bridgehead atoms. The van der Waals surface area contributed by atoms with Crippen LogP contribution in [0.3, 0.4) is 0 Å². The van der Waals surface area contributed by atoms with Crippen LogP contribution in [0.4, 0.5) is 23.2 Å². The summed E-state index contributed by atoms with van der Waals surface area (Å²) in [4.78, 5) is 28.8. The van der Waals surface area contributed by atoms with Gasteiger partial charge >= 0.3 is 6.18 Å². The van der Waals surface area contributed by atoms with E-state index < -0.39 is 64.2 Å². The molecule has 4 rings (SSSR count). The minimum atomic E-state index is -4.86. The van der Waals surface area contributed by atoms with Gasteiger partial charge in [0.1, 0.15) is 18.4 Å². The van der Waals surface area contributed by atoms with Crippen molar-refractivity contribution in [3.05, 3.63) is 131 Å². The second-order valence-electron chi connectivity index (χ2n) is 11.0. The molecule has 47 heavy (non-hydrogen) atoms. The molecule has 4 aromatic rings. The number of carbonyl (C=O) groups excluding carboxylic acids is 2. The Bertz CT molecular complexity index is 1810. The third kappa shape index (κ3) is 8.89. The zero-order chi connectivity index (χ0) is 34.4. The number of hydrogen-bond donors (Lipinski definition) is 1. The van der Waals surface area contributed by atoms with Crippen LogP contribution in [0.2, 0.25) is 5.02 Å². The maximum atomic E-state index is 15.0. The highest BCUT2D eigenvalue weighted by molar-refractivity contribution is 7.92. The number of nitrogens with zero attached hydrogens (tertiary/aromatic N) is 2. The lowest BCUT2D eigenvalue weighted by Crippen LogP contribution is -2.54. The highest BCUT2D eigenvalue weighted by atomic mass is 35.5. The highest BCUT2D eigenvalue weighted by Crippen LogP contribution is 2.37. The number of carbonyl (C=O) groups is 2. The van der Waals surface area contributed by atoms with Crippen LogP contribution in [0, 0.1) is 5.82 Å². The molecule has 0 aliphatic carbocycles. The maximum Gasteiger partial charge on any atom is 0.416 e. The van der Waals surface area contributed by atoms with E-state index in [0.29, 0.717) is 22.0 Å². The molecule has 0 saturated heterocycles. The Morgan fingerprint density at radius 1 is 0.872 bits per heavy atom. The van der Waals surface area contributed by atoms with Crippen molar-refractivity contribution in [3.63, 3.8) is 0 Å². The van der Waals surface area contributed by atoms with E-state index in [-0.39, 0.29) is 27.9 Å². The van der Waals surface area contributed by atoms with Gasteiger partial charge in [0, 0.05) is 24.6 Å². The van der Waals surface area contributed by atoms with Crippen molar-refractivity contribution in [2.45, 2.75) is 50.0 Å². The predicted molar refractivity (Wildman–Crippen MR) is 172 cm³/mol. The van der Waals surface area contributed by atoms with Gasteiger partial charge in [-0.2, -0.15) is 13.2 Å². The standard InChI is InChI=1S/C34H32ClF4N3O4S/c1-23(2)40-33(44)31(19-24-11-5-3-6-12-24)41(21-25-13-9-10-16-29(25)36)32(43)22-42(47(45,46)27-14-7-4-8-15-27)30-20-26(34(37,38)39)17-18-28(30)35/h3-18,20,23,31H,19,21-22H2,1-2H3,(H,40,44)/t31-/m1/s1. The lowest BCUT2D eigenvalue weighted by molar-refractivity contribution is -0.140. The molecule has 0 heterocycles. The summed E-state index contributed by atoms with van der Waals surface area (Å²) in [5, 5.41) is 2.40. The topological polar surface area (TPSA) is 86.8 Å². The highest BCUT2D eigenvalue weighted by Gasteiger charge is 2.37. The molecule has 0 unspecified atom stereocenters. The van der Waals surface area contributed by atoms with Crippen molar-refractivity contribution >= 4 is 39.1 Å². The Morgan fingerprint density at radius 3 is 2.06 bits per heavy atom. The number of alkyl halides is 3. The van der Waals surface area contributed by atoms with Gasteiger partial charge in [0.25, 0.3) is 10.0 Å². The Kier molecular flexibility index (Phi) is 11.3. The summed E-state index contributed by atoms with van der Waals surface area (Å²) < 4.78 is 84.9. The van der Waals surface area contributed by atoms with Crippen molar-refractivity contribution in [2.75, 3.05) is 10.8 Å². The fourth-order valence-corrected chi connectivity index (χ4v) is 6.57. The summed E-state index contributed by atoms with van der Waals surface area (Å²) in [5.41, 5.74) is -1.11. The first-order valence-corrected chi connectivity index (χ1v) is 16.3. The first-order valence-electron chi connectivity index (χ1n) is 14.5. The molecule has 4 aromatic carbocycles. The van der Waals surface area contributed by atoms with Crippen LogP contribution >= 0.6 is 11.6 Å². The van der Waals surface area contributed by atoms with E-state index in [1.807, 2.05) is 0 Å². The van der Waals surface area contributed by atoms with Gasteiger partial charge in [0.2, 0.25) is 11.8 Å². The van der Waals surface area contributed by atoms with Crippen LogP contribution in [0.25, 0.3) is 0 Å². The number of benzene rings is 4. The number of hydrogen-bond acceptors (Lipinski definition) is 4. The predicted octanol–water partition coefficient (Wildman–Crippen LogP) is 6.86. The maximum absolute atomic E-state index is 15.0. The summed E-state index contributed by atoms with van der Waals surface area (Å²) in [6, 6.07) is 21.6. The number of nitrogens with one attached hydrogen (secondary N) is 1. The molecule has 7 nitrogen and oxygen atoms in total. The van der Waals surface area contributed by atoms with Crippen molar-refractivity contribution < 1.29 is 35.6 Å². The third-order valence-corrected chi connectivity index (χ3v) is 9.25. The van der Waals surface area contributed by atoms with E-state index in [1.165, 1.54) is 48.5 Å². The third-order valence-electron chi connectivity index (χ3n) is 7.15. The fourth-order valence-electron chi connectivity index (χ4n) is 4.86. The van der Waals surface area contributed by atoms with Gasteiger partial charge in [-0.25, -0.2) is 12.8 Å². The van der Waals surface area contributed by atoms with Crippen molar-refractivity contribution in [3.8, 4) is 0 Å². The molecule has 0 aliphatic rings. The van der Waals surface area contributed by atoms with E-state index in [2.05, 4.69) is 5.32 Å². The van der Waals surface area contributed by atoms with Crippen LogP contribution in [-0.4, -0.2) is 43.8 Å². The average molecular weight is 690 g/mol. The van der Waals surface area contributed by atoms with Gasteiger partial charge in [-0.05, 0) is 55.8 Å². The zero-order valence-electron chi connectivity index (χ0n) is 25.4. The second kappa shape index (κ2) is 15.0. The number of rotatable bonds is 12. The molecule has 0 aliphatic heterocycles. The van der Waals surface area contributed by atoms with Gasteiger partial charge in [-0.1, -0.05) is 78.3 Å². The van der Waals surface area contributed by atoms with Crippen molar-refractivity contribution in [1.29, 1.82) is 0 Å². The molecule has 0 fully saturated rings. The first-order chi connectivity index (χ1) is 22.2. The number of anilines is 1. The van der Waals surface area contributed by atoms with Gasteiger partial charge in [0.15, 0.2) is 0 Å². The molecular formula is C34H32ClF4N3O4S. The molecular weight excluding hydrogens is 658 g/mol. The quantitative estimate of drug-likeness (QED) is 0.165. The summed E-state index contributed by atoms with van der Waals surface area (Å²) in [6.45, 7) is 1.91. The van der Waals surface area contributed by atoms with E-state index in [1.54, 1.807) is 50.2 Å². The summed E-state index contributed by atoms with van der Waals surface area (Å²) in [7, 11) is -4.71. The van der Waals surface area contributed by atoms with Crippen LogP contribution in [0.1, 0.15) is 30.5 Å². The minimum absolute atomic E-state index is 0.0324. The summed E-state index contributed by atoms with van der Waals surface area (Å²) in [5.74, 6) is -2.26. The van der Waals surface area contributed by atoms with Crippen molar-refractivity contribution in [1.82, 2.24) is 10.2 Å². The molecule has 2 amide bonds. The van der Waals surface area contributed by atoms with Crippen LogP contribution in [0.15, 0.2) is 108 Å². The fraction of sp³-hybridized carbons (Fsp3) is 0.235. The average Bonchev–Trinajstić information content (AvgIpc) is 3.02. The zero-order valence-corrected chi connectivity index (χ0v) is 27.0. The lowest BCUT2D eigenvalue weighted by atomic mass is 10.0. The van der Waals surface area contributed by atoms with Crippen LogP contribution < -0.4 is 9.62 Å². The van der Waals surface area contributed by atoms with Gasteiger partial charge in [0.05, 0.1) is 21.2 Å². The number of amides is 2. The molecule has 0 saturated carbocycles. The van der Waals surface area contributed by atoms with Crippen LogP contribution in [0.5, 0.6) is 0 Å². The molecule has 1 N–H and O–H groups in total. The number of halogens is 5. The monoisotopic (exact) mass is 689 g/mol. The Labute approximate surface area is 275 Å². The van der Waals surface area contributed by atoms with Gasteiger partial charge in [-0.15, -0.1) is 0 Å². The van der Waals surface area contributed by atoms with E-state index in [9.17, 15) is 35.6 Å². The molecule has 0 spiro atoms. The molecule has 13 heteroatoms. The van der Waals surface area contributed by atoms with Gasteiger partial charge in [-0.3, -0.25) is 13.9 Å².